The smallest absolute Gasteiger partial charge is 0.134 e. The average molecular weight is 178 g/mol. The molecule has 0 unspecified atom stereocenters. The topological polar surface area (TPSA) is 37.3 Å². The monoisotopic (exact) mass is 178 g/mol. The number of ketones is 1. The minimum atomic E-state index is 0.00426. The van der Waals surface area contributed by atoms with Gasteiger partial charge in [0.1, 0.15) is 5.78 Å². The van der Waals surface area contributed by atoms with Crippen LogP contribution in [0.25, 0.3) is 0 Å². The number of aryl methyl sites for hydroxylation is 1. The maximum Gasteiger partial charge on any atom is 0.134 e. The minimum absolute atomic E-state index is 0.00426. The molecule has 2 heteroatoms. The van der Waals surface area contributed by atoms with Crippen LogP contribution in [0.2, 0.25) is 0 Å². The largest absolute Gasteiger partial charge is 0.392 e. The fourth-order valence-corrected chi connectivity index (χ4v) is 1.41. The minimum Gasteiger partial charge on any atom is -0.392 e. The molecule has 2 nitrogen and oxygen atoms in total. The van der Waals surface area contributed by atoms with Crippen LogP contribution in [-0.2, 0) is 17.8 Å². The molecule has 0 saturated heterocycles. The van der Waals surface area contributed by atoms with Gasteiger partial charge in [-0.15, -0.1) is 0 Å². The van der Waals surface area contributed by atoms with Crippen molar-refractivity contribution in [1.29, 1.82) is 0 Å². The first kappa shape index (κ1) is 9.93. The van der Waals surface area contributed by atoms with Crippen LogP contribution in [0.15, 0.2) is 18.2 Å². The maximum absolute atomic E-state index is 11.0. The van der Waals surface area contributed by atoms with Crippen LogP contribution in [0.5, 0.6) is 0 Å². The van der Waals surface area contributed by atoms with Crippen molar-refractivity contribution in [3.63, 3.8) is 0 Å². The number of hydrogen-bond donors (Lipinski definition) is 1. The van der Waals surface area contributed by atoms with Crippen LogP contribution in [0.1, 0.15) is 23.6 Å². The van der Waals surface area contributed by atoms with E-state index in [4.69, 9.17) is 5.11 Å². The van der Waals surface area contributed by atoms with E-state index < -0.39 is 0 Å². The number of carbonyl (C=O) groups excluding carboxylic acids is 1. The molecule has 0 bridgehead atoms. The van der Waals surface area contributed by atoms with E-state index in [0.717, 1.165) is 16.7 Å². The summed E-state index contributed by atoms with van der Waals surface area (Å²) in [4.78, 5) is 11.0. The van der Waals surface area contributed by atoms with Crippen LogP contribution >= 0.6 is 0 Å². The molecule has 0 radical (unpaired) electrons. The molecule has 0 fully saturated rings. The van der Waals surface area contributed by atoms with Crippen LogP contribution in [0.4, 0.5) is 0 Å². The number of aliphatic hydroxyl groups excluding tert-OH is 1. The van der Waals surface area contributed by atoms with E-state index >= 15 is 0 Å². The van der Waals surface area contributed by atoms with E-state index in [0.29, 0.717) is 6.42 Å². The molecule has 0 saturated carbocycles. The van der Waals surface area contributed by atoms with Crippen molar-refractivity contribution in [1.82, 2.24) is 0 Å². The summed E-state index contributed by atoms with van der Waals surface area (Å²) in [5.74, 6) is 0.129. The number of aliphatic hydroxyl groups is 1. The predicted molar refractivity (Wildman–Crippen MR) is 51.5 cm³/mol. The van der Waals surface area contributed by atoms with Crippen LogP contribution < -0.4 is 0 Å². The molecule has 1 rings (SSSR count). The Hall–Kier alpha value is -1.15. The predicted octanol–water partition coefficient (Wildman–Crippen LogP) is 1.62. The second kappa shape index (κ2) is 4.19. The summed E-state index contributed by atoms with van der Waals surface area (Å²) >= 11 is 0. The van der Waals surface area contributed by atoms with E-state index in [1.54, 1.807) is 6.92 Å². The normalized spacial score (nSPS) is 10.1. The molecule has 1 aromatic carbocycles. The van der Waals surface area contributed by atoms with Gasteiger partial charge in [-0.1, -0.05) is 18.2 Å². The van der Waals surface area contributed by atoms with Crippen molar-refractivity contribution in [3.8, 4) is 0 Å². The summed E-state index contributed by atoms with van der Waals surface area (Å²) in [7, 11) is 0. The maximum atomic E-state index is 11.0. The van der Waals surface area contributed by atoms with Crippen LogP contribution in [0.3, 0.4) is 0 Å². The third-order valence-corrected chi connectivity index (χ3v) is 2.10. The Labute approximate surface area is 78.2 Å². The van der Waals surface area contributed by atoms with Gasteiger partial charge in [0.15, 0.2) is 0 Å². The number of Topliss-reactive ketones (excluding diaryl/α,β-unsaturated/α-hetero) is 1. The second-order valence-electron chi connectivity index (χ2n) is 3.25. The van der Waals surface area contributed by atoms with Gasteiger partial charge in [-0.2, -0.15) is 0 Å². The first-order chi connectivity index (χ1) is 6.15. The van der Waals surface area contributed by atoms with Gasteiger partial charge >= 0.3 is 0 Å². The SMILES string of the molecule is CC(=O)Cc1c(C)cccc1CO. The van der Waals surface area contributed by atoms with E-state index in [1.807, 2.05) is 25.1 Å². The first-order valence-corrected chi connectivity index (χ1v) is 4.33. The molecule has 0 atom stereocenters. The fourth-order valence-electron chi connectivity index (χ4n) is 1.41. The molecule has 1 aromatic rings. The van der Waals surface area contributed by atoms with E-state index in [2.05, 4.69) is 0 Å². The highest BCUT2D eigenvalue weighted by Gasteiger charge is 2.06. The molecule has 0 aliphatic rings. The highest BCUT2D eigenvalue weighted by molar-refractivity contribution is 5.79. The fraction of sp³-hybridized carbons (Fsp3) is 0.364. The molecule has 0 aliphatic heterocycles. The Bertz CT molecular complexity index is 316. The first-order valence-electron chi connectivity index (χ1n) is 4.33. The molecular formula is C11H14O2. The summed E-state index contributed by atoms with van der Waals surface area (Å²) in [6.07, 6.45) is 0.419. The molecule has 70 valence electrons. The lowest BCUT2D eigenvalue weighted by atomic mass is 9.98. The molecule has 13 heavy (non-hydrogen) atoms. The van der Waals surface area contributed by atoms with Gasteiger partial charge in [0.05, 0.1) is 6.61 Å². The Kier molecular flexibility index (Phi) is 3.20. The van der Waals surface area contributed by atoms with E-state index in [-0.39, 0.29) is 12.4 Å². The number of benzene rings is 1. The van der Waals surface area contributed by atoms with Crippen molar-refractivity contribution in [2.75, 3.05) is 0 Å². The zero-order chi connectivity index (χ0) is 9.84. The zero-order valence-corrected chi connectivity index (χ0v) is 8.00. The van der Waals surface area contributed by atoms with Gasteiger partial charge in [0, 0.05) is 6.42 Å². The molecule has 0 spiro atoms. The molecule has 0 amide bonds. The van der Waals surface area contributed by atoms with Crippen molar-refractivity contribution < 1.29 is 9.90 Å². The Morgan fingerprint density at radius 2 is 2.15 bits per heavy atom. The summed E-state index contributed by atoms with van der Waals surface area (Å²) in [6, 6.07) is 5.70. The molecule has 0 aromatic heterocycles. The Morgan fingerprint density at radius 3 is 2.69 bits per heavy atom. The number of carbonyl (C=O) groups is 1. The van der Waals surface area contributed by atoms with Gasteiger partial charge in [0.25, 0.3) is 0 Å². The van der Waals surface area contributed by atoms with E-state index in [9.17, 15) is 4.79 Å². The van der Waals surface area contributed by atoms with Crippen molar-refractivity contribution in [3.05, 3.63) is 34.9 Å². The highest BCUT2D eigenvalue weighted by Crippen LogP contribution is 2.15. The summed E-state index contributed by atoms with van der Waals surface area (Å²) < 4.78 is 0. The van der Waals surface area contributed by atoms with Crippen molar-refractivity contribution >= 4 is 5.78 Å². The summed E-state index contributed by atoms with van der Waals surface area (Å²) in [5.41, 5.74) is 2.90. The lowest BCUT2D eigenvalue weighted by molar-refractivity contribution is -0.116. The lowest BCUT2D eigenvalue weighted by Gasteiger charge is -2.08. The highest BCUT2D eigenvalue weighted by atomic mass is 16.3. The number of hydrogen-bond acceptors (Lipinski definition) is 2. The summed E-state index contributed by atoms with van der Waals surface area (Å²) in [6.45, 7) is 3.52. The van der Waals surface area contributed by atoms with E-state index in [1.165, 1.54) is 0 Å². The van der Waals surface area contributed by atoms with Gasteiger partial charge in [0.2, 0.25) is 0 Å². The molecule has 1 N–H and O–H groups in total. The third-order valence-electron chi connectivity index (χ3n) is 2.10. The van der Waals surface area contributed by atoms with Gasteiger partial charge in [-0.25, -0.2) is 0 Å². The van der Waals surface area contributed by atoms with Gasteiger partial charge < -0.3 is 5.11 Å². The standard InChI is InChI=1S/C11H14O2/c1-8-4-3-5-10(7-12)11(8)6-9(2)13/h3-5,12H,6-7H2,1-2H3. The average Bonchev–Trinajstić information content (AvgIpc) is 2.08. The zero-order valence-electron chi connectivity index (χ0n) is 8.00. The molecule has 0 heterocycles. The summed E-state index contributed by atoms with van der Waals surface area (Å²) in [5, 5.41) is 9.04. The molecular weight excluding hydrogens is 164 g/mol. The Balaban J connectivity index is 3.07. The van der Waals surface area contributed by atoms with Gasteiger partial charge in [-0.3, -0.25) is 4.79 Å². The number of rotatable bonds is 3. The second-order valence-corrected chi connectivity index (χ2v) is 3.25. The Morgan fingerprint density at radius 1 is 1.46 bits per heavy atom. The quantitative estimate of drug-likeness (QED) is 0.763. The van der Waals surface area contributed by atoms with Crippen LogP contribution in [0, 0.1) is 6.92 Å². The van der Waals surface area contributed by atoms with Crippen molar-refractivity contribution in [2.24, 2.45) is 0 Å². The lowest BCUT2D eigenvalue weighted by Crippen LogP contribution is -2.03. The van der Waals surface area contributed by atoms with Gasteiger partial charge in [-0.05, 0) is 30.5 Å². The van der Waals surface area contributed by atoms with Crippen LogP contribution in [-0.4, -0.2) is 10.9 Å². The third kappa shape index (κ3) is 2.39. The molecule has 0 aliphatic carbocycles. The van der Waals surface area contributed by atoms with Crippen molar-refractivity contribution in [2.45, 2.75) is 26.9 Å².